The van der Waals surface area contributed by atoms with Gasteiger partial charge in [-0.15, -0.1) is 5.10 Å². The molecule has 9 nitrogen and oxygen atoms in total. The van der Waals surface area contributed by atoms with Gasteiger partial charge in [0.25, 0.3) is 0 Å². The van der Waals surface area contributed by atoms with Crippen LogP contribution in [0.3, 0.4) is 0 Å². The number of nitrogens with one attached hydrogen (secondary N) is 2. The maximum absolute atomic E-state index is 14.3. The number of alkyl halides is 3. The van der Waals surface area contributed by atoms with Crippen molar-refractivity contribution in [2.24, 2.45) is 5.41 Å². The molecule has 2 heterocycles. The van der Waals surface area contributed by atoms with Gasteiger partial charge in [0.2, 0.25) is 0 Å². The van der Waals surface area contributed by atoms with Crippen molar-refractivity contribution < 1.29 is 27.5 Å². The minimum Gasteiger partial charge on any atom is -0.478 e. The number of nitriles is 1. The van der Waals surface area contributed by atoms with Crippen molar-refractivity contribution in [2.75, 3.05) is 17.2 Å². The normalized spacial score (nSPS) is 15.1. The van der Waals surface area contributed by atoms with Crippen molar-refractivity contribution in [3.05, 3.63) is 75.9 Å². The Morgan fingerprint density at radius 1 is 1.23 bits per heavy atom. The molecule has 0 radical (unpaired) electrons. The molecule has 0 bridgehead atoms. The highest BCUT2D eigenvalue weighted by atomic mass is 35.5. The van der Waals surface area contributed by atoms with E-state index in [-0.39, 0.29) is 40.1 Å². The zero-order chi connectivity index (χ0) is 31.3. The number of halogens is 5. The Labute approximate surface area is 248 Å². The number of aromatic carboxylic acids is 1. The summed E-state index contributed by atoms with van der Waals surface area (Å²) in [5, 5.41) is 34.2. The van der Waals surface area contributed by atoms with E-state index in [1.807, 2.05) is 20.8 Å². The molecule has 2 aromatic heterocycles. The molecule has 14 heteroatoms. The molecule has 1 aliphatic rings. The smallest absolute Gasteiger partial charge is 0.413 e. The number of carbonyl (C=O) groups is 1. The maximum Gasteiger partial charge on any atom is 0.413 e. The summed E-state index contributed by atoms with van der Waals surface area (Å²) < 4.78 is 56.5. The van der Waals surface area contributed by atoms with Crippen LogP contribution in [0.4, 0.5) is 28.9 Å². The zero-order valence-electron chi connectivity index (χ0n) is 23.2. The van der Waals surface area contributed by atoms with Crippen molar-refractivity contribution in [1.29, 1.82) is 5.26 Å². The molecule has 43 heavy (non-hydrogen) atoms. The Morgan fingerprint density at radius 3 is 2.56 bits per heavy atom. The predicted molar refractivity (Wildman–Crippen MR) is 152 cm³/mol. The molecular formula is C29H26ClF4N7O2. The van der Waals surface area contributed by atoms with Crippen molar-refractivity contribution in [2.45, 2.75) is 51.4 Å². The number of rotatable bonds is 8. The van der Waals surface area contributed by atoms with Gasteiger partial charge in [-0.2, -0.15) is 18.4 Å². The Kier molecular flexibility index (Phi) is 7.46. The second-order valence-electron chi connectivity index (χ2n) is 11.7. The number of aromatic nitrogens is 4. The molecule has 3 N–H and O–H groups in total. The summed E-state index contributed by atoms with van der Waals surface area (Å²) in [6.45, 7) is 6.57. The first-order valence-electron chi connectivity index (χ1n) is 13.2. The van der Waals surface area contributed by atoms with Crippen LogP contribution in [-0.2, 0) is 5.54 Å². The topological polar surface area (TPSA) is 129 Å². The number of carboxylic acids is 1. The second kappa shape index (κ2) is 10.7. The van der Waals surface area contributed by atoms with Gasteiger partial charge in [0.1, 0.15) is 17.6 Å². The minimum atomic E-state index is -4.55. The fourth-order valence-electron chi connectivity index (χ4n) is 4.73. The summed E-state index contributed by atoms with van der Waals surface area (Å²) >= 11 is 6.61. The van der Waals surface area contributed by atoms with E-state index in [2.05, 4.69) is 32.0 Å². The third kappa shape index (κ3) is 5.79. The van der Waals surface area contributed by atoms with E-state index in [0.29, 0.717) is 28.8 Å². The molecule has 224 valence electrons. The SMILES string of the molecule is CC(C)(C)CNc1c(C#N)cnc2c(Cl)cc(N[C@@H](c3ccc(F)c(C(=O)O)c3)c3cn(C4(C(F)(F)F)CC4)nn3)cc12. The van der Waals surface area contributed by atoms with Gasteiger partial charge in [0.05, 0.1) is 39.6 Å². The van der Waals surface area contributed by atoms with Crippen LogP contribution in [0.25, 0.3) is 10.9 Å². The summed E-state index contributed by atoms with van der Waals surface area (Å²) in [5.41, 5.74) is -1.18. The Bertz CT molecular complexity index is 1770. The van der Waals surface area contributed by atoms with Crippen molar-refractivity contribution >= 4 is 39.8 Å². The first-order chi connectivity index (χ1) is 20.1. The predicted octanol–water partition coefficient (Wildman–Crippen LogP) is 6.90. The Balaban J connectivity index is 1.63. The van der Waals surface area contributed by atoms with Gasteiger partial charge in [-0.3, -0.25) is 4.98 Å². The van der Waals surface area contributed by atoms with E-state index in [0.717, 1.165) is 23.0 Å². The van der Waals surface area contributed by atoms with E-state index in [9.17, 15) is 32.7 Å². The van der Waals surface area contributed by atoms with Gasteiger partial charge in [-0.25, -0.2) is 13.9 Å². The molecule has 2 aromatic carbocycles. The van der Waals surface area contributed by atoms with Crippen LogP contribution in [0.1, 0.15) is 66.8 Å². The molecule has 0 aliphatic heterocycles. The fourth-order valence-corrected chi connectivity index (χ4v) is 5.00. The summed E-state index contributed by atoms with van der Waals surface area (Å²) in [6.07, 6.45) is -2.31. The molecule has 1 saturated carbocycles. The average molecular weight is 616 g/mol. The molecule has 0 unspecified atom stereocenters. The zero-order valence-corrected chi connectivity index (χ0v) is 24.0. The van der Waals surface area contributed by atoms with Gasteiger partial charge in [0.15, 0.2) is 5.54 Å². The first kappa shape index (κ1) is 30.0. The summed E-state index contributed by atoms with van der Waals surface area (Å²) in [5.74, 6) is -2.50. The molecule has 0 spiro atoms. The van der Waals surface area contributed by atoms with Crippen LogP contribution >= 0.6 is 11.6 Å². The van der Waals surface area contributed by atoms with E-state index < -0.39 is 35.1 Å². The Hall–Kier alpha value is -4.44. The van der Waals surface area contributed by atoms with E-state index in [1.165, 1.54) is 18.3 Å². The van der Waals surface area contributed by atoms with Gasteiger partial charge < -0.3 is 15.7 Å². The van der Waals surface area contributed by atoms with Crippen LogP contribution < -0.4 is 10.6 Å². The summed E-state index contributed by atoms with van der Waals surface area (Å²) in [4.78, 5) is 16.0. The fraction of sp³-hybridized carbons (Fsp3) is 0.345. The number of hydrogen-bond donors (Lipinski definition) is 3. The Morgan fingerprint density at radius 2 is 1.95 bits per heavy atom. The second-order valence-corrected chi connectivity index (χ2v) is 12.1. The number of fused-ring (bicyclic) bond motifs is 1. The minimum absolute atomic E-state index is 0.0321. The van der Waals surface area contributed by atoms with Crippen molar-refractivity contribution in [3.8, 4) is 6.07 Å². The molecule has 0 saturated heterocycles. The first-order valence-corrected chi connectivity index (χ1v) is 13.6. The average Bonchev–Trinajstić information content (AvgIpc) is 3.61. The number of carboxylic acid groups (broad SMARTS) is 1. The van der Waals surface area contributed by atoms with E-state index in [4.69, 9.17) is 11.6 Å². The number of anilines is 2. The molecule has 0 amide bonds. The molecule has 1 aliphatic carbocycles. The third-order valence-corrected chi connectivity index (χ3v) is 7.49. The van der Waals surface area contributed by atoms with Gasteiger partial charge in [-0.1, -0.05) is 43.7 Å². The molecular weight excluding hydrogens is 590 g/mol. The number of pyridine rings is 1. The van der Waals surface area contributed by atoms with E-state index in [1.54, 1.807) is 6.07 Å². The molecule has 4 aromatic rings. The van der Waals surface area contributed by atoms with Crippen molar-refractivity contribution in [1.82, 2.24) is 20.0 Å². The highest BCUT2D eigenvalue weighted by Gasteiger charge is 2.66. The lowest BCUT2D eigenvalue weighted by Gasteiger charge is -2.22. The number of benzene rings is 2. The van der Waals surface area contributed by atoms with Gasteiger partial charge in [0, 0.05) is 23.8 Å². The third-order valence-electron chi connectivity index (χ3n) is 7.20. The number of nitrogens with zero attached hydrogens (tertiary/aromatic N) is 5. The van der Waals surface area contributed by atoms with Crippen LogP contribution in [0.15, 0.2) is 42.7 Å². The van der Waals surface area contributed by atoms with Crippen molar-refractivity contribution in [3.63, 3.8) is 0 Å². The van der Waals surface area contributed by atoms with Crippen LogP contribution in [0.2, 0.25) is 5.02 Å². The molecule has 1 fully saturated rings. The van der Waals surface area contributed by atoms with Gasteiger partial charge >= 0.3 is 12.1 Å². The van der Waals surface area contributed by atoms with Crippen LogP contribution in [0.5, 0.6) is 0 Å². The van der Waals surface area contributed by atoms with Crippen LogP contribution in [0, 0.1) is 22.6 Å². The highest BCUT2D eigenvalue weighted by molar-refractivity contribution is 6.35. The lowest BCUT2D eigenvalue weighted by Crippen LogP contribution is -2.35. The lowest BCUT2D eigenvalue weighted by molar-refractivity contribution is -0.182. The lowest BCUT2D eigenvalue weighted by atomic mass is 9.96. The molecule has 5 rings (SSSR count). The van der Waals surface area contributed by atoms with E-state index >= 15 is 0 Å². The maximum atomic E-state index is 14.3. The van der Waals surface area contributed by atoms with Crippen LogP contribution in [-0.4, -0.2) is 43.8 Å². The molecule has 1 atom stereocenters. The van der Waals surface area contributed by atoms with Gasteiger partial charge in [-0.05, 0) is 48.1 Å². The standard InChI is InChI=1S/C29H26ClF4N7O2/c1-27(2,3)14-37-23-16(11-35)12-36-25-19(23)9-17(10-20(25)30)38-24(15-4-5-21(31)18(8-15)26(42)43)22-13-41(40-39-22)28(6-7-28)29(32,33)34/h4-5,8-10,12-13,24,38H,6-7,14H2,1-3H3,(H,36,37)(H,42,43)/t24-/m0/s1. The number of hydrogen-bond acceptors (Lipinski definition) is 7. The largest absolute Gasteiger partial charge is 0.478 e. The summed E-state index contributed by atoms with van der Waals surface area (Å²) in [6, 6.07) is 7.60. The summed E-state index contributed by atoms with van der Waals surface area (Å²) in [7, 11) is 0. The highest BCUT2D eigenvalue weighted by Crippen LogP contribution is 2.55. The quantitative estimate of drug-likeness (QED) is 0.183. The monoisotopic (exact) mass is 615 g/mol.